The van der Waals surface area contributed by atoms with Crippen molar-refractivity contribution in [3.63, 3.8) is 0 Å². The summed E-state index contributed by atoms with van der Waals surface area (Å²) in [7, 11) is 0. The van der Waals surface area contributed by atoms with E-state index < -0.39 is 0 Å². The van der Waals surface area contributed by atoms with Crippen LogP contribution in [0.1, 0.15) is 63.1 Å². The van der Waals surface area contributed by atoms with E-state index in [1.807, 2.05) is 6.20 Å². The number of fused-ring (bicyclic) bond motifs is 7. The largest absolute Gasteiger partial charge is 0.308 e. The van der Waals surface area contributed by atoms with Crippen molar-refractivity contribution in [3.05, 3.63) is 83.6 Å². The number of hydrogen-bond donors (Lipinski definition) is 0. The molecule has 0 unspecified atom stereocenters. The number of aromatic nitrogens is 2. The average molecular weight is 509 g/mol. The fourth-order valence-electron chi connectivity index (χ4n) is 7.76. The van der Waals surface area contributed by atoms with Crippen molar-refractivity contribution < 1.29 is 0 Å². The van der Waals surface area contributed by atoms with E-state index >= 15 is 0 Å². The lowest BCUT2D eigenvalue weighted by atomic mass is 9.84. The molecule has 0 amide bonds. The van der Waals surface area contributed by atoms with Crippen LogP contribution >= 0.6 is 0 Å². The highest BCUT2D eigenvalue weighted by Crippen LogP contribution is 2.45. The molecule has 0 radical (unpaired) electrons. The van der Waals surface area contributed by atoms with Gasteiger partial charge in [-0.25, -0.2) is 0 Å². The van der Waals surface area contributed by atoms with Gasteiger partial charge in [0.15, 0.2) is 0 Å². The number of aryl methyl sites for hydroxylation is 1. The van der Waals surface area contributed by atoms with Gasteiger partial charge in [-0.2, -0.15) is 0 Å². The third-order valence-corrected chi connectivity index (χ3v) is 9.31. The Morgan fingerprint density at radius 3 is 2.46 bits per heavy atom. The first-order chi connectivity index (χ1) is 18.9. The zero-order chi connectivity index (χ0) is 26.5. The van der Waals surface area contributed by atoms with Gasteiger partial charge < -0.3 is 4.40 Å². The summed E-state index contributed by atoms with van der Waals surface area (Å²) in [4.78, 5) is 5.09. The van der Waals surface area contributed by atoms with Crippen molar-refractivity contribution in [2.24, 2.45) is 11.3 Å². The van der Waals surface area contributed by atoms with Crippen molar-refractivity contribution in [2.45, 2.75) is 66.2 Å². The summed E-state index contributed by atoms with van der Waals surface area (Å²) in [6, 6.07) is 23.4. The van der Waals surface area contributed by atoms with Crippen LogP contribution in [0.3, 0.4) is 0 Å². The number of rotatable bonds is 3. The summed E-state index contributed by atoms with van der Waals surface area (Å²) in [6.45, 7) is 9.30. The normalized spacial score (nSPS) is 15.4. The number of pyridine rings is 2. The Morgan fingerprint density at radius 2 is 1.64 bits per heavy atom. The molecule has 0 bridgehead atoms. The summed E-state index contributed by atoms with van der Waals surface area (Å²) in [6.07, 6.45) is 9.72. The van der Waals surface area contributed by atoms with Crippen molar-refractivity contribution in [1.82, 2.24) is 9.38 Å². The molecule has 8 rings (SSSR count). The molecule has 3 aromatic heterocycles. The van der Waals surface area contributed by atoms with Gasteiger partial charge in [-0.1, -0.05) is 94.5 Å². The van der Waals surface area contributed by atoms with Crippen LogP contribution in [0.15, 0.2) is 66.9 Å². The Labute approximate surface area is 230 Å². The van der Waals surface area contributed by atoms with E-state index in [1.165, 1.54) is 103 Å². The third kappa shape index (κ3) is 3.43. The van der Waals surface area contributed by atoms with Crippen LogP contribution in [-0.2, 0) is 12.8 Å². The maximum absolute atomic E-state index is 5.09. The first-order valence-corrected chi connectivity index (χ1v) is 14.8. The average Bonchev–Trinajstić information content (AvgIpc) is 3.54. The van der Waals surface area contributed by atoms with Crippen LogP contribution in [0.5, 0.6) is 0 Å². The minimum atomic E-state index is 0.152. The van der Waals surface area contributed by atoms with Crippen LogP contribution in [0.2, 0.25) is 0 Å². The minimum Gasteiger partial charge on any atom is -0.308 e. The van der Waals surface area contributed by atoms with Gasteiger partial charge in [0.2, 0.25) is 0 Å². The molecule has 1 aliphatic carbocycles. The molecule has 39 heavy (non-hydrogen) atoms. The second-order valence-electron chi connectivity index (χ2n) is 13.4. The van der Waals surface area contributed by atoms with Gasteiger partial charge in [0.25, 0.3) is 0 Å². The lowest BCUT2D eigenvalue weighted by Crippen LogP contribution is -2.11. The van der Waals surface area contributed by atoms with Crippen LogP contribution in [0.4, 0.5) is 0 Å². The Bertz CT molecular complexity index is 2060. The molecule has 0 aliphatic heterocycles. The van der Waals surface area contributed by atoms with Crippen molar-refractivity contribution in [1.29, 1.82) is 0 Å². The predicted molar refractivity (Wildman–Crippen MR) is 167 cm³/mol. The summed E-state index contributed by atoms with van der Waals surface area (Å²) in [5.41, 5.74) is 9.60. The fourth-order valence-corrected chi connectivity index (χ4v) is 7.76. The maximum atomic E-state index is 5.09. The second-order valence-corrected chi connectivity index (χ2v) is 13.4. The van der Waals surface area contributed by atoms with E-state index in [2.05, 4.69) is 92.8 Å². The summed E-state index contributed by atoms with van der Waals surface area (Å²) in [5, 5.41) is 9.39. The number of benzene rings is 4. The zero-order valence-corrected chi connectivity index (χ0v) is 23.6. The monoisotopic (exact) mass is 508 g/mol. The quantitative estimate of drug-likeness (QED) is 0.171. The molecule has 0 spiro atoms. The van der Waals surface area contributed by atoms with Gasteiger partial charge in [0, 0.05) is 27.7 Å². The molecule has 2 heteroatoms. The van der Waals surface area contributed by atoms with Gasteiger partial charge in [-0.05, 0) is 76.6 Å². The first kappa shape index (κ1) is 23.3. The van der Waals surface area contributed by atoms with Crippen molar-refractivity contribution in [3.8, 4) is 0 Å². The Kier molecular flexibility index (Phi) is 4.88. The Hall–Kier alpha value is -3.65. The predicted octanol–water partition coefficient (Wildman–Crippen LogP) is 10.2. The Morgan fingerprint density at radius 1 is 0.821 bits per heavy atom. The molecule has 0 N–H and O–H groups in total. The first-order valence-electron chi connectivity index (χ1n) is 14.8. The van der Waals surface area contributed by atoms with E-state index in [0.717, 1.165) is 17.9 Å². The van der Waals surface area contributed by atoms with Crippen LogP contribution < -0.4 is 0 Å². The van der Waals surface area contributed by atoms with Gasteiger partial charge in [-0.3, -0.25) is 4.98 Å². The van der Waals surface area contributed by atoms with E-state index in [-0.39, 0.29) is 5.41 Å². The van der Waals surface area contributed by atoms with Crippen LogP contribution in [0, 0.1) is 18.3 Å². The van der Waals surface area contributed by atoms with E-state index in [0.29, 0.717) is 0 Å². The fraction of sp³-hybridized carbons (Fsp3) is 0.324. The smallest absolute Gasteiger partial charge is 0.0823 e. The minimum absolute atomic E-state index is 0.152. The molecule has 1 aliphatic rings. The van der Waals surface area contributed by atoms with Gasteiger partial charge >= 0.3 is 0 Å². The van der Waals surface area contributed by atoms with Gasteiger partial charge in [0.1, 0.15) is 0 Å². The molecule has 194 valence electrons. The molecule has 0 atom stereocenters. The summed E-state index contributed by atoms with van der Waals surface area (Å²) < 4.78 is 2.63. The number of hydrogen-bond acceptors (Lipinski definition) is 1. The van der Waals surface area contributed by atoms with Gasteiger partial charge in [-0.15, -0.1) is 0 Å². The topological polar surface area (TPSA) is 17.3 Å². The standard InChI is InChI=1S/C37H36N2/c1-22-12-14-27-26(18-22)20-29-34-33-24(16-17-38-34)13-15-28-32-25(19-23-8-5-6-9-23)10-7-11-31(32)39(36(28)33)35(29)30(27)21-37(2,3)4/h7,10-18,20,23H,5-6,8-9,19,21H2,1-4H3. The van der Waals surface area contributed by atoms with Gasteiger partial charge in [0.05, 0.1) is 22.1 Å². The Balaban J connectivity index is 1.63. The molecular weight excluding hydrogens is 472 g/mol. The molecule has 7 aromatic rings. The highest BCUT2D eigenvalue weighted by Gasteiger charge is 2.25. The molecular formula is C37H36N2. The SMILES string of the molecule is Cc1ccc2c(CC(C)(C)C)c3c(cc2c1)c1nccc2ccc4c5c(CC6CCCC6)cccc5n3c4c21. The van der Waals surface area contributed by atoms with Crippen LogP contribution in [0.25, 0.3) is 59.8 Å². The van der Waals surface area contributed by atoms with E-state index in [9.17, 15) is 0 Å². The van der Waals surface area contributed by atoms with E-state index in [1.54, 1.807) is 0 Å². The second kappa shape index (κ2) is 8.18. The third-order valence-electron chi connectivity index (χ3n) is 9.31. The molecule has 2 nitrogen and oxygen atoms in total. The number of nitrogens with zero attached hydrogens (tertiary/aromatic N) is 2. The molecule has 1 saturated carbocycles. The maximum Gasteiger partial charge on any atom is 0.0823 e. The summed E-state index contributed by atoms with van der Waals surface area (Å²) >= 11 is 0. The van der Waals surface area contributed by atoms with Crippen molar-refractivity contribution >= 4 is 59.8 Å². The lowest BCUT2D eigenvalue weighted by Gasteiger charge is -2.23. The highest BCUT2D eigenvalue weighted by atomic mass is 14.9. The van der Waals surface area contributed by atoms with E-state index in [4.69, 9.17) is 4.98 Å². The lowest BCUT2D eigenvalue weighted by molar-refractivity contribution is 0.413. The highest BCUT2D eigenvalue weighted by molar-refractivity contribution is 6.29. The summed E-state index contributed by atoms with van der Waals surface area (Å²) in [5.74, 6) is 0.813. The van der Waals surface area contributed by atoms with Crippen molar-refractivity contribution in [2.75, 3.05) is 0 Å². The molecule has 3 heterocycles. The molecule has 0 saturated heterocycles. The zero-order valence-electron chi connectivity index (χ0n) is 23.6. The molecule has 4 aromatic carbocycles. The van der Waals surface area contributed by atoms with Crippen LogP contribution in [-0.4, -0.2) is 9.38 Å². The molecule has 1 fully saturated rings.